The average Bonchev–Trinajstić information content (AvgIpc) is 2.70. The Kier molecular flexibility index (Phi) is 3.54. The van der Waals surface area contributed by atoms with Crippen LogP contribution >= 0.6 is 23.2 Å². The van der Waals surface area contributed by atoms with Crippen LogP contribution in [0.4, 0.5) is 0 Å². The molecule has 0 N–H and O–H groups in total. The maximum absolute atomic E-state index is 11.4. The molecule has 2 heterocycles. The fraction of sp³-hybridized carbons (Fsp3) is 0.182. The number of methoxy groups -OCH3 is 1. The van der Waals surface area contributed by atoms with Crippen LogP contribution in [0.15, 0.2) is 16.5 Å². The number of hydrogen-bond donors (Lipinski definition) is 0. The van der Waals surface area contributed by atoms with Crippen LogP contribution in [-0.2, 0) is 4.74 Å². The number of hydrogen-bond acceptors (Lipinski definition) is 5. The SMILES string of the molecule is COC(=O)c1nc(-c2ccc(Cl)nc2Cl)oc1C. The van der Waals surface area contributed by atoms with E-state index in [0.717, 1.165) is 0 Å². The summed E-state index contributed by atoms with van der Waals surface area (Å²) >= 11 is 11.6. The van der Waals surface area contributed by atoms with Gasteiger partial charge in [0.2, 0.25) is 5.89 Å². The standard InChI is InChI=1S/C11H8Cl2N2O3/c1-5-8(11(16)17-2)15-10(18-5)6-3-4-7(12)14-9(6)13/h3-4H,1-2H3. The number of nitrogens with zero attached hydrogens (tertiary/aromatic N) is 2. The van der Waals surface area contributed by atoms with E-state index in [1.807, 2.05) is 0 Å². The molecule has 0 radical (unpaired) electrons. The lowest BCUT2D eigenvalue weighted by Gasteiger charge is -1.98. The van der Waals surface area contributed by atoms with Crippen LogP contribution in [-0.4, -0.2) is 23.0 Å². The zero-order chi connectivity index (χ0) is 13.3. The van der Waals surface area contributed by atoms with Gasteiger partial charge in [-0.05, 0) is 19.1 Å². The van der Waals surface area contributed by atoms with Gasteiger partial charge < -0.3 is 9.15 Å². The Hall–Kier alpha value is -1.59. The van der Waals surface area contributed by atoms with Crippen molar-refractivity contribution in [3.63, 3.8) is 0 Å². The normalized spacial score (nSPS) is 10.4. The number of pyridine rings is 1. The first-order valence-corrected chi connectivity index (χ1v) is 5.66. The Bertz CT molecular complexity index is 610. The van der Waals surface area contributed by atoms with Crippen LogP contribution in [0.3, 0.4) is 0 Å². The van der Waals surface area contributed by atoms with E-state index in [-0.39, 0.29) is 21.9 Å². The zero-order valence-corrected chi connectivity index (χ0v) is 11.0. The predicted molar refractivity (Wildman–Crippen MR) is 65.8 cm³/mol. The zero-order valence-electron chi connectivity index (χ0n) is 9.53. The first-order valence-electron chi connectivity index (χ1n) is 4.91. The van der Waals surface area contributed by atoms with Gasteiger partial charge in [0.15, 0.2) is 5.69 Å². The van der Waals surface area contributed by atoms with Crippen molar-refractivity contribution in [1.82, 2.24) is 9.97 Å². The average molecular weight is 287 g/mol. The van der Waals surface area contributed by atoms with Crippen molar-refractivity contribution >= 4 is 29.2 Å². The molecule has 0 amide bonds. The van der Waals surface area contributed by atoms with E-state index >= 15 is 0 Å². The molecule has 0 bridgehead atoms. The van der Waals surface area contributed by atoms with Gasteiger partial charge in [-0.15, -0.1) is 0 Å². The Balaban J connectivity index is 2.49. The third-order valence-electron chi connectivity index (χ3n) is 2.22. The second kappa shape index (κ2) is 4.96. The third kappa shape index (κ3) is 2.32. The number of carbonyl (C=O) groups is 1. The van der Waals surface area contributed by atoms with E-state index in [4.69, 9.17) is 27.6 Å². The molecule has 0 fully saturated rings. The van der Waals surface area contributed by atoms with Gasteiger partial charge >= 0.3 is 5.97 Å². The van der Waals surface area contributed by atoms with Gasteiger partial charge in [0.25, 0.3) is 0 Å². The summed E-state index contributed by atoms with van der Waals surface area (Å²) in [6.07, 6.45) is 0. The second-order valence-corrected chi connectivity index (χ2v) is 4.13. The van der Waals surface area contributed by atoms with Crippen molar-refractivity contribution in [2.24, 2.45) is 0 Å². The Labute approximate surface area is 113 Å². The van der Waals surface area contributed by atoms with E-state index in [2.05, 4.69) is 14.7 Å². The topological polar surface area (TPSA) is 65.2 Å². The highest BCUT2D eigenvalue weighted by Gasteiger charge is 2.20. The van der Waals surface area contributed by atoms with Crippen LogP contribution < -0.4 is 0 Å². The number of halogens is 2. The van der Waals surface area contributed by atoms with Crippen LogP contribution in [0.2, 0.25) is 10.3 Å². The summed E-state index contributed by atoms with van der Waals surface area (Å²) in [5.74, 6) is -0.0227. The van der Waals surface area contributed by atoms with Crippen LogP contribution in [0, 0.1) is 6.92 Å². The largest absolute Gasteiger partial charge is 0.464 e. The molecule has 94 valence electrons. The number of aromatic nitrogens is 2. The molecule has 7 heteroatoms. The number of esters is 1. The predicted octanol–water partition coefficient (Wildman–Crippen LogP) is 3.14. The fourth-order valence-electron chi connectivity index (χ4n) is 1.37. The van der Waals surface area contributed by atoms with E-state index in [1.165, 1.54) is 7.11 Å². The van der Waals surface area contributed by atoms with Crippen molar-refractivity contribution in [2.45, 2.75) is 6.92 Å². The minimum Gasteiger partial charge on any atom is -0.464 e. The first-order chi connectivity index (χ1) is 8.52. The molecule has 2 rings (SSSR count). The number of aryl methyl sites for hydroxylation is 1. The van der Waals surface area contributed by atoms with E-state index in [9.17, 15) is 4.79 Å². The molecule has 2 aromatic heterocycles. The minimum atomic E-state index is -0.569. The molecule has 2 aromatic rings. The summed E-state index contributed by atoms with van der Waals surface area (Å²) in [4.78, 5) is 19.3. The van der Waals surface area contributed by atoms with Crippen molar-refractivity contribution in [3.05, 3.63) is 33.9 Å². The molecule has 0 spiro atoms. The molecule has 0 aliphatic carbocycles. The summed E-state index contributed by atoms with van der Waals surface area (Å²) in [6, 6.07) is 3.17. The third-order valence-corrected chi connectivity index (χ3v) is 2.72. The van der Waals surface area contributed by atoms with Crippen molar-refractivity contribution in [2.75, 3.05) is 7.11 Å². The lowest BCUT2D eigenvalue weighted by atomic mass is 10.3. The van der Waals surface area contributed by atoms with Crippen molar-refractivity contribution < 1.29 is 13.9 Å². The summed E-state index contributed by atoms with van der Waals surface area (Å²) in [5, 5.41) is 0.417. The molecular weight excluding hydrogens is 279 g/mol. The van der Waals surface area contributed by atoms with Gasteiger partial charge in [-0.2, -0.15) is 0 Å². The van der Waals surface area contributed by atoms with E-state index in [0.29, 0.717) is 11.3 Å². The quantitative estimate of drug-likeness (QED) is 0.627. The summed E-state index contributed by atoms with van der Waals surface area (Å²) in [6.45, 7) is 1.61. The number of rotatable bonds is 2. The minimum absolute atomic E-state index is 0.110. The second-order valence-electron chi connectivity index (χ2n) is 3.39. The van der Waals surface area contributed by atoms with Gasteiger partial charge in [-0.3, -0.25) is 0 Å². The molecule has 0 aromatic carbocycles. The van der Waals surface area contributed by atoms with E-state index in [1.54, 1.807) is 19.1 Å². The van der Waals surface area contributed by atoms with Gasteiger partial charge in [0.05, 0.1) is 12.7 Å². The smallest absolute Gasteiger partial charge is 0.360 e. The molecule has 5 nitrogen and oxygen atoms in total. The highest BCUT2D eigenvalue weighted by atomic mass is 35.5. The number of ether oxygens (including phenoxy) is 1. The Morgan fingerprint density at radius 2 is 2.06 bits per heavy atom. The Morgan fingerprint density at radius 3 is 2.67 bits per heavy atom. The van der Waals surface area contributed by atoms with Crippen molar-refractivity contribution in [3.8, 4) is 11.5 Å². The van der Waals surface area contributed by atoms with Crippen LogP contribution in [0.1, 0.15) is 16.2 Å². The van der Waals surface area contributed by atoms with Gasteiger partial charge in [0.1, 0.15) is 16.1 Å². The summed E-state index contributed by atoms with van der Waals surface area (Å²) in [7, 11) is 1.27. The lowest BCUT2D eigenvalue weighted by molar-refractivity contribution is 0.0593. The molecule has 0 aliphatic rings. The molecule has 0 unspecified atom stereocenters. The highest BCUT2D eigenvalue weighted by Crippen LogP contribution is 2.28. The van der Waals surface area contributed by atoms with Gasteiger partial charge in [0, 0.05) is 0 Å². The van der Waals surface area contributed by atoms with Crippen molar-refractivity contribution in [1.29, 1.82) is 0 Å². The molecular formula is C11H8Cl2N2O3. The lowest BCUT2D eigenvalue weighted by Crippen LogP contribution is -2.03. The maximum Gasteiger partial charge on any atom is 0.360 e. The molecule has 18 heavy (non-hydrogen) atoms. The first kappa shape index (κ1) is 12.9. The molecule has 0 atom stereocenters. The fourth-order valence-corrected chi connectivity index (χ4v) is 1.79. The van der Waals surface area contributed by atoms with Crippen LogP contribution in [0.25, 0.3) is 11.5 Å². The molecule has 0 saturated heterocycles. The van der Waals surface area contributed by atoms with Crippen LogP contribution in [0.5, 0.6) is 0 Å². The van der Waals surface area contributed by atoms with E-state index < -0.39 is 5.97 Å². The number of oxazole rings is 1. The highest BCUT2D eigenvalue weighted by molar-refractivity contribution is 6.34. The molecule has 0 aliphatic heterocycles. The van der Waals surface area contributed by atoms with Gasteiger partial charge in [-0.25, -0.2) is 14.8 Å². The summed E-state index contributed by atoms with van der Waals surface area (Å²) < 4.78 is 9.95. The maximum atomic E-state index is 11.4. The number of carbonyl (C=O) groups excluding carboxylic acids is 1. The van der Waals surface area contributed by atoms with Gasteiger partial charge in [-0.1, -0.05) is 23.2 Å². The molecule has 0 saturated carbocycles. The Morgan fingerprint density at radius 1 is 1.33 bits per heavy atom. The summed E-state index contributed by atoms with van der Waals surface area (Å²) in [5.41, 5.74) is 0.567. The monoisotopic (exact) mass is 286 g/mol.